The Morgan fingerprint density at radius 1 is 0.889 bits per heavy atom. The van der Waals surface area contributed by atoms with E-state index in [1.54, 1.807) is 13.2 Å². The van der Waals surface area contributed by atoms with E-state index in [4.69, 9.17) is 32.7 Å². The molecule has 27 heavy (non-hydrogen) atoms. The molecule has 3 rings (SSSR count). The van der Waals surface area contributed by atoms with Gasteiger partial charge < -0.3 is 14.8 Å². The van der Waals surface area contributed by atoms with Crippen LogP contribution in [0.15, 0.2) is 60.7 Å². The van der Waals surface area contributed by atoms with Gasteiger partial charge in [0.15, 0.2) is 11.5 Å². The van der Waals surface area contributed by atoms with E-state index in [1.165, 1.54) is 0 Å². The fourth-order valence-corrected chi connectivity index (χ4v) is 3.02. The summed E-state index contributed by atoms with van der Waals surface area (Å²) in [5.74, 6) is 1.27. The van der Waals surface area contributed by atoms with E-state index >= 15 is 0 Å². The van der Waals surface area contributed by atoms with E-state index in [2.05, 4.69) is 5.32 Å². The quantitative estimate of drug-likeness (QED) is 0.489. The van der Waals surface area contributed by atoms with Crippen LogP contribution in [0.5, 0.6) is 11.5 Å². The Morgan fingerprint density at radius 2 is 1.67 bits per heavy atom. The molecule has 3 aromatic carbocycles. The number of hydrogen-bond donors (Lipinski definition) is 1. The third-order valence-electron chi connectivity index (χ3n) is 4.22. The van der Waals surface area contributed by atoms with Crippen LogP contribution in [0, 0.1) is 6.92 Å². The fraction of sp³-hybridized carbons (Fsp3) is 0.182. The topological polar surface area (TPSA) is 30.5 Å². The molecule has 3 nitrogen and oxygen atoms in total. The first-order valence-electron chi connectivity index (χ1n) is 8.60. The lowest BCUT2D eigenvalue weighted by atomic mass is 10.1. The summed E-state index contributed by atoms with van der Waals surface area (Å²) in [6, 6.07) is 19.5. The van der Waals surface area contributed by atoms with Gasteiger partial charge in [0.05, 0.1) is 7.11 Å². The molecule has 0 aromatic heterocycles. The third kappa shape index (κ3) is 5.09. The van der Waals surface area contributed by atoms with Crippen LogP contribution in [0.3, 0.4) is 0 Å². The fourth-order valence-electron chi connectivity index (χ4n) is 2.62. The van der Waals surface area contributed by atoms with Crippen molar-refractivity contribution in [3.05, 3.63) is 87.4 Å². The molecule has 0 radical (unpaired) electrons. The van der Waals surface area contributed by atoms with Crippen molar-refractivity contribution in [1.82, 2.24) is 0 Å². The Morgan fingerprint density at radius 3 is 2.37 bits per heavy atom. The van der Waals surface area contributed by atoms with E-state index in [1.807, 2.05) is 61.5 Å². The summed E-state index contributed by atoms with van der Waals surface area (Å²) in [6.45, 7) is 2.97. The number of halogens is 2. The van der Waals surface area contributed by atoms with Crippen molar-refractivity contribution in [2.45, 2.75) is 20.1 Å². The van der Waals surface area contributed by atoms with Gasteiger partial charge in [-0.15, -0.1) is 0 Å². The molecule has 1 N–H and O–H groups in total. The highest BCUT2D eigenvalue weighted by molar-refractivity contribution is 6.32. The molecule has 0 fully saturated rings. The zero-order valence-corrected chi connectivity index (χ0v) is 16.8. The van der Waals surface area contributed by atoms with Crippen molar-refractivity contribution in [3.8, 4) is 11.5 Å². The van der Waals surface area contributed by atoms with Crippen LogP contribution in [0.25, 0.3) is 0 Å². The van der Waals surface area contributed by atoms with Gasteiger partial charge >= 0.3 is 0 Å². The molecule has 0 spiro atoms. The van der Waals surface area contributed by atoms with Crippen molar-refractivity contribution in [2.24, 2.45) is 0 Å². The van der Waals surface area contributed by atoms with E-state index in [0.29, 0.717) is 29.7 Å². The molecule has 0 atom stereocenters. The molecule has 0 aliphatic carbocycles. The number of methoxy groups -OCH3 is 1. The maximum atomic E-state index is 6.46. The largest absolute Gasteiger partial charge is 0.493 e. The van der Waals surface area contributed by atoms with Crippen molar-refractivity contribution >= 4 is 28.9 Å². The van der Waals surface area contributed by atoms with Crippen molar-refractivity contribution in [2.75, 3.05) is 12.4 Å². The minimum Gasteiger partial charge on any atom is -0.493 e. The Kier molecular flexibility index (Phi) is 6.49. The standard InChI is InChI=1S/C22H21Cl2NO2/c1-15-8-9-18(11-19(15)23)25-13-17-10-21(26-2)22(12-20(17)24)27-14-16-6-4-3-5-7-16/h3-12,25H,13-14H2,1-2H3. The second-order valence-corrected chi connectivity index (χ2v) is 7.00. The minimum absolute atomic E-state index is 0.451. The van der Waals surface area contributed by atoms with E-state index in [0.717, 1.165) is 27.4 Å². The van der Waals surface area contributed by atoms with Crippen LogP contribution in [0.2, 0.25) is 10.0 Å². The lowest BCUT2D eigenvalue weighted by Crippen LogP contribution is -2.03. The molecular formula is C22H21Cl2NO2. The average Bonchev–Trinajstić information content (AvgIpc) is 2.69. The SMILES string of the molecule is COc1cc(CNc2ccc(C)c(Cl)c2)c(Cl)cc1OCc1ccccc1. The summed E-state index contributed by atoms with van der Waals surface area (Å²) >= 11 is 12.6. The highest BCUT2D eigenvalue weighted by Gasteiger charge is 2.11. The molecule has 0 aliphatic rings. The van der Waals surface area contributed by atoms with E-state index in [-0.39, 0.29) is 0 Å². The molecule has 5 heteroatoms. The molecule has 0 heterocycles. The summed E-state index contributed by atoms with van der Waals surface area (Å²) in [7, 11) is 1.62. The molecule has 0 amide bonds. The Hall–Kier alpha value is -2.36. The number of anilines is 1. The number of ether oxygens (including phenoxy) is 2. The van der Waals surface area contributed by atoms with Crippen LogP contribution in [-0.4, -0.2) is 7.11 Å². The van der Waals surface area contributed by atoms with Crippen LogP contribution in [0.1, 0.15) is 16.7 Å². The van der Waals surface area contributed by atoms with Crippen molar-refractivity contribution in [3.63, 3.8) is 0 Å². The van der Waals surface area contributed by atoms with Gasteiger partial charge in [-0.3, -0.25) is 0 Å². The monoisotopic (exact) mass is 401 g/mol. The molecule has 0 saturated heterocycles. The lowest BCUT2D eigenvalue weighted by molar-refractivity contribution is 0.284. The smallest absolute Gasteiger partial charge is 0.163 e. The highest BCUT2D eigenvalue weighted by Crippen LogP contribution is 2.34. The van der Waals surface area contributed by atoms with Crippen LogP contribution in [0.4, 0.5) is 5.69 Å². The maximum Gasteiger partial charge on any atom is 0.163 e. The number of benzene rings is 3. The number of nitrogens with one attached hydrogen (secondary N) is 1. The molecule has 0 saturated carbocycles. The maximum absolute atomic E-state index is 6.46. The Balaban J connectivity index is 1.72. The Labute approximate surface area is 169 Å². The molecular weight excluding hydrogens is 381 g/mol. The van der Waals surface area contributed by atoms with Gasteiger partial charge in [-0.25, -0.2) is 0 Å². The number of rotatable bonds is 7. The zero-order chi connectivity index (χ0) is 19.2. The van der Waals surface area contributed by atoms with E-state index in [9.17, 15) is 0 Å². The molecule has 0 unspecified atom stereocenters. The number of aryl methyl sites for hydroxylation is 1. The predicted molar refractivity (Wildman–Crippen MR) is 112 cm³/mol. The van der Waals surface area contributed by atoms with Crippen molar-refractivity contribution in [1.29, 1.82) is 0 Å². The molecule has 140 valence electrons. The molecule has 3 aromatic rings. The van der Waals surface area contributed by atoms with E-state index < -0.39 is 0 Å². The predicted octanol–water partition coefficient (Wildman–Crippen LogP) is 6.50. The van der Waals surface area contributed by atoms with Gasteiger partial charge in [-0.05, 0) is 41.8 Å². The van der Waals surface area contributed by atoms with Gasteiger partial charge in [-0.2, -0.15) is 0 Å². The van der Waals surface area contributed by atoms with Gasteiger partial charge in [-0.1, -0.05) is 59.6 Å². The summed E-state index contributed by atoms with van der Waals surface area (Å²) < 4.78 is 11.4. The summed E-state index contributed by atoms with van der Waals surface area (Å²) in [6.07, 6.45) is 0. The lowest BCUT2D eigenvalue weighted by Gasteiger charge is -2.15. The summed E-state index contributed by atoms with van der Waals surface area (Å²) in [5, 5.41) is 4.68. The van der Waals surface area contributed by atoms with Crippen LogP contribution >= 0.6 is 23.2 Å². The highest BCUT2D eigenvalue weighted by atomic mass is 35.5. The zero-order valence-electron chi connectivity index (χ0n) is 15.3. The molecule has 0 aliphatic heterocycles. The Bertz CT molecular complexity index is 914. The first-order chi connectivity index (χ1) is 13.1. The normalized spacial score (nSPS) is 10.5. The van der Waals surface area contributed by atoms with Gasteiger partial charge in [0.25, 0.3) is 0 Å². The average molecular weight is 402 g/mol. The van der Waals surface area contributed by atoms with Crippen LogP contribution in [-0.2, 0) is 13.2 Å². The van der Waals surface area contributed by atoms with Gasteiger partial charge in [0.2, 0.25) is 0 Å². The van der Waals surface area contributed by atoms with Crippen LogP contribution < -0.4 is 14.8 Å². The first-order valence-corrected chi connectivity index (χ1v) is 9.35. The first kappa shape index (κ1) is 19.4. The molecule has 0 bridgehead atoms. The summed E-state index contributed by atoms with van der Waals surface area (Å²) in [4.78, 5) is 0. The second kappa shape index (κ2) is 9.03. The third-order valence-corrected chi connectivity index (χ3v) is 4.98. The summed E-state index contributed by atoms with van der Waals surface area (Å²) in [5.41, 5.74) is 3.97. The van der Waals surface area contributed by atoms with Crippen molar-refractivity contribution < 1.29 is 9.47 Å². The number of hydrogen-bond acceptors (Lipinski definition) is 3. The second-order valence-electron chi connectivity index (χ2n) is 6.19. The van der Waals surface area contributed by atoms with Gasteiger partial charge in [0.1, 0.15) is 6.61 Å². The van der Waals surface area contributed by atoms with Gasteiger partial charge in [0, 0.05) is 28.3 Å². The minimum atomic E-state index is 0.451.